The molecule has 0 amide bonds. The molecule has 1 fully saturated rings. The van der Waals surface area contributed by atoms with Crippen molar-refractivity contribution in [2.75, 3.05) is 0 Å². The van der Waals surface area contributed by atoms with Crippen molar-refractivity contribution in [2.45, 2.75) is 37.3 Å². The highest BCUT2D eigenvalue weighted by Crippen LogP contribution is 2.30. The van der Waals surface area contributed by atoms with Crippen molar-refractivity contribution in [1.29, 1.82) is 0 Å². The lowest BCUT2D eigenvalue weighted by atomic mass is 9.81. The zero-order valence-corrected chi connectivity index (χ0v) is 10.4. The molecule has 0 radical (unpaired) electrons. The summed E-state index contributed by atoms with van der Waals surface area (Å²) < 4.78 is 31.3. The number of aldehydes is 1. The molecular formula is C11H15NO4S. The van der Waals surface area contributed by atoms with Crippen LogP contribution >= 0.6 is 0 Å². The molecule has 1 aromatic heterocycles. The number of rotatable bonds is 5. The molecule has 94 valence electrons. The van der Waals surface area contributed by atoms with E-state index in [-0.39, 0.29) is 16.9 Å². The molecule has 0 aliphatic heterocycles. The van der Waals surface area contributed by atoms with E-state index in [0.717, 1.165) is 19.3 Å². The first-order valence-corrected chi connectivity index (χ1v) is 7.08. The van der Waals surface area contributed by atoms with Crippen LogP contribution in [0.1, 0.15) is 36.7 Å². The van der Waals surface area contributed by atoms with Crippen LogP contribution in [-0.4, -0.2) is 20.7 Å². The van der Waals surface area contributed by atoms with Gasteiger partial charge in [0.1, 0.15) is 0 Å². The summed E-state index contributed by atoms with van der Waals surface area (Å²) >= 11 is 0. The van der Waals surface area contributed by atoms with E-state index in [0.29, 0.717) is 12.2 Å². The Morgan fingerprint density at radius 3 is 2.65 bits per heavy atom. The molecule has 0 aromatic carbocycles. The Bertz CT molecular complexity index is 501. The predicted octanol–water partition coefficient (Wildman–Crippen LogP) is 1.56. The summed E-state index contributed by atoms with van der Waals surface area (Å²) in [5, 5.41) is -0.203. The van der Waals surface area contributed by atoms with E-state index in [4.69, 9.17) is 4.42 Å². The van der Waals surface area contributed by atoms with Crippen LogP contribution in [0.25, 0.3) is 0 Å². The van der Waals surface area contributed by atoms with E-state index in [9.17, 15) is 13.2 Å². The van der Waals surface area contributed by atoms with Crippen molar-refractivity contribution in [3.05, 3.63) is 17.9 Å². The first kappa shape index (κ1) is 12.3. The van der Waals surface area contributed by atoms with Crippen LogP contribution in [-0.2, 0) is 10.0 Å². The molecular weight excluding hydrogens is 242 g/mol. The number of furan rings is 1. The Labute approximate surface area is 100 Å². The number of hydrogen-bond acceptors (Lipinski definition) is 4. The fourth-order valence-electron chi connectivity index (χ4n) is 1.88. The van der Waals surface area contributed by atoms with Crippen LogP contribution in [0.4, 0.5) is 0 Å². The molecule has 0 bridgehead atoms. The van der Waals surface area contributed by atoms with Gasteiger partial charge in [0.2, 0.25) is 5.09 Å². The molecule has 0 spiro atoms. The smallest absolute Gasteiger partial charge is 0.274 e. The van der Waals surface area contributed by atoms with Crippen molar-refractivity contribution in [2.24, 2.45) is 5.92 Å². The van der Waals surface area contributed by atoms with Gasteiger partial charge < -0.3 is 4.42 Å². The average molecular weight is 257 g/mol. The minimum absolute atomic E-state index is 0.0154. The van der Waals surface area contributed by atoms with Gasteiger partial charge in [-0.2, -0.15) is 0 Å². The molecule has 1 heterocycles. The number of nitrogens with one attached hydrogen (secondary N) is 1. The SMILES string of the molecule is CC(NS(=O)(=O)c1ccc(C=O)o1)C1CCC1. The maximum absolute atomic E-state index is 11.9. The second-order valence-corrected chi connectivity index (χ2v) is 6.02. The van der Waals surface area contributed by atoms with Gasteiger partial charge in [-0.25, -0.2) is 13.1 Å². The highest BCUT2D eigenvalue weighted by Gasteiger charge is 2.29. The Hall–Kier alpha value is -1.14. The zero-order chi connectivity index (χ0) is 12.5. The van der Waals surface area contributed by atoms with Crippen molar-refractivity contribution in [3.8, 4) is 0 Å². The van der Waals surface area contributed by atoms with Gasteiger partial charge in [0, 0.05) is 6.04 Å². The second-order valence-electron chi connectivity index (χ2n) is 4.38. The van der Waals surface area contributed by atoms with Crippen molar-refractivity contribution in [3.63, 3.8) is 0 Å². The summed E-state index contributed by atoms with van der Waals surface area (Å²) in [6.07, 6.45) is 3.75. The van der Waals surface area contributed by atoms with Gasteiger partial charge in [0.15, 0.2) is 12.0 Å². The van der Waals surface area contributed by atoms with E-state index in [2.05, 4.69) is 4.72 Å². The third-order valence-corrected chi connectivity index (χ3v) is 4.61. The maximum Gasteiger partial charge on any atom is 0.274 e. The molecule has 1 saturated carbocycles. The first-order chi connectivity index (χ1) is 8.03. The van der Waals surface area contributed by atoms with Gasteiger partial charge in [-0.15, -0.1) is 0 Å². The van der Waals surface area contributed by atoms with Gasteiger partial charge in [0.25, 0.3) is 10.0 Å². The highest BCUT2D eigenvalue weighted by atomic mass is 32.2. The summed E-state index contributed by atoms with van der Waals surface area (Å²) in [6, 6.07) is 2.54. The number of carbonyl (C=O) groups is 1. The maximum atomic E-state index is 11.9. The molecule has 1 aliphatic rings. The summed E-state index contributed by atoms with van der Waals surface area (Å²) in [4.78, 5) is 10.4. The second kappa shape index (κ2) is 4.62. The normalized spacial score (nSPS) is 18.6. The van der Waals surface area contributed by atoms with E-state index >= 15 is 0 Å². The van der Waals surface area contributed by atoms with Crippen LogP contribution < -0.4 is 4.72 Å². The Morgan fingerprint density at radius 2 is 2.18 bits per heavy atom. The van der Waals surface area contributed by atoms with Crippen LogP contribution in [0.3, 0.4) is 0 Å². The molecule has 1 N–H and O–H groups in total. The van der Waals surface area contributed by atoms with Crippen molar-refractivity contribution < 1.29 is 17.6 Å². The molecule has 2 rings (SSSR count). The van der Waals surface area contributed by atoms with Crippen LogP contribution in [0.15, 0.2) is 21.6 Å². The summed E-state index contributed by atoms with van der Waals surface area (Å²) in [7, 11) is -3.65. The fourth-order valence-corrected chi connectivity index (χ4v) is 3.13. The fraction of sp³-hybridized carbons (Fsp3) is 0.545. The van der Waals surface area contributed by atoms with E-state index < -0.39 is 10.0 Å². The van der Waals surface area contributed by atoms with Crippen LogP contribution in [0.5, 0.6) is 0 Å². The van der Waals surface area contributed by atoms with Crippen molar-refractivity contribution in [1.82, 2.24) is 4.72 Å². The molecule has 1 atom stereocenters. The summed E-state index contributed by atoms with van der Waals surface area (Å²) in [6.45, 7) is 1.85. The molecule has 5 nitrogen and oxygen atoms in total. The standard InChI is InChI=1S/C11H15NO4S/c1-8(9-3-2-4-9)12-17(14,15)11-6-5-10(7-13)16-11/h5-9,12H,2-4H2,1H3. The van der Waals surface area contributed by atoms with E-state index in [1.54, 1.807) is 0 Å². The van der Waals surface area contributed by atoms with Gasteiger partial charge in [-0.3, -0.25) is 4.79 Å². The predicted molar refractivity (Wildman–Crippen MR) is 61.2 cm³/mol. The Balaban J connectivity index is 2.09. The summed E-state index contributed by atoms with van der Waals surface area (Å²) in [5.41, 5.74) is 0. The van der Waals surface area contributed by atoms with E-state index in [1.807, 2.05) is 6.92 Å². The Kier molecular flexibility index (Phi) is 3.35. The van der Waals surface area contributed by atoms with E-state index in [1.165, 1.54) is 12.1 Å². The lowest BCUT2D eigenvalue weighted by Crippen LogP contribution is -2.40. The quantitative estimate of drug-likeness (QED) is 0.812. The average Bonchev–Trinajstić information content (AvgIpc) is 2.62. The Morgan fingerprint density at radius 1 is 1.47 bits per heavy atom. The monoisotopic (exact) mass is 257 g/mol. The lowest BCUT2D eigenvalue weighted by molar-refractivity contribution is 0.109. The zero-order valence-electron chi connectivity index (χ0n) is 9.55. The minimum atomic E-state index is -3.65. The van der Waals surface area contributed by atoms with Gasteiger partial charge in [-0.1, -0.05) is 6.42 Å². The molecule has 17 heavy (non-hydrogen) atoms. The van der Waals surface area contributed by atoms with Crippen molar-refractivity contribution >= 4 is 16.3 Å². The highest BCUT2D eigenvalue weighted by molar-refractivity contribution is 7.89. The van der Waals surface area contributed by atoms with Gasteiger partial charge in [-0.05, 0) is 37.8 Å². The lowest BCUT2D eigenvalue weighted by Gasteiger charge is -2.31. The van der Waals surface area contributed by atoms with Gasteiger partial charge in [0.05, 0.1) is 0 Å². The number of sulfonamides is 1. The molecule has 6 heteroatoms. The molecule has 1 aromatic rings. The van der Waals surface area contributed by atoms with Crippen LogP contribution in [0.2, 0.25) is 0 Å². The molecule has 0 saturated heterocycles. The minimum Gasteiger partial charge on any atom is -0.440 e. The number of carbonyl (C=O) groups excluding carboxylic acids is 1. The molecule has 1 unspecified atom stereocenters. The summed E-state index contributed by atoms with van der Waals surface area (Å²) in [5.74, 6) is 0.423. The first-order valence-electron chi connectivity index (χ1n) is 5.60. The molecule has 1 aliphatic carbocycles. The number of hydrogen-bond donors (Lipinski definition) is 1. The third-order valence-electron chi connectivity index (χ3n) is 3.18. The van der Waals surface area contributed by atoms with Crippen LogP contribution in [0, 0.1) is 5.92 Å². The topological polar surface area (TPSA) is 76.4 Å². The van der Waals surface area contributed by atoms with Gasteiger partial charge >= 0.3 is 0 Å². The largest absolute Gasteiger partial charge is 0.440 e. The third kappa shape index (κ3) is 2.58.